The van der Waals surface area contributed by atoms with E-state index in [1.54, 1.807) is 19.1 Å². The first-order valence-electron chi connectivity index (χ1n) is 8.74. The fourth-order valence-corrected chi connectivity index (χ4v) is 4.59. The fraction of sp³-hybridized carbons (Fsp3) is 0.632. The number of methoxy groups -OCH3 is 2. The van der Waals surface area contributed by atoms with E-state index < -0.39 is 0 Å². The molecule has 4 atom stereocenters. The largest absolute Gasteiger partial charge is 0.493 e. The van der Waals surface area contributed by atoms with Crippen LogP contribution in [-0.2, 0) is 11.2 Å². The summed E-state index contributed by atoms with van der Waals surface area (Å²) in [5.41, 5.74) is 2.78. The van der Waals surface area contributed by atoms with Gasteiger partial charge in [-0.3, -0.25) is 0 Å². The first kappa shape index (κ1) is 16.3. The summed E-state index contributed by atoms with van der Waals surface area (Å²) in [4.78, 5) is 12.8. The third-order valence-electron chi connectivity index (χ3n) is 5.88. The molecule has 0 spiro atoms. The van der Waals surface area contributed by atoms with E-state index in [-0.39, 0.29) is 0 Å². The van der Waals surface area contributed by atoms with E-state index in [9.17, 15) is 4.79 Å². The standard InChI is InChI=1S/C19H27NO3/c1-4-13-12-20-7-5-15-10-18(22-2)19(23-3)11-16(15)17(20)9-14(13)6-8-21/h8,10-11,13-14,17H,4-7,9,12H2,1-3H3/p+1/t13?,14?,17-/m0/s1. The maximum atomic E-state index is 11.1. The zero-order valence-corrected chi connectivity index (χ0v) is 14.4. The third-order valence-corrected chi connectivity index (χ3v) is 5.88. The molecule has 4 heteroatoms. The lowest BCUT2D eigenvalue weighted by Crippen LogP contribution is -3.15. The van der Waals surface area contributed by atoms with Crippen LogP contribution in [0.2, 0.25) is 0 Å². The van der Waals surface area contributed by atoms with Crippen LogP contribution in [0.25, 0.3) is 0 Å². The molecule has 4 nitrogen and oxygen atoms in total. The maximum Gasteiger partial charge on any atom is 0.161 e. The predicted molar refractivity (Wildman–Crippen MR) is 89.3 cm³/mol. The number of piperidine rings is 1. The summed E-state index contributed by atoms with van der Waals surface area (Å²) in [5, 5.41) is 0. The minimum atomic E-state index is 0.492. The Balaban J connectivity index is 1.94. The van der Waals surface area contributed by atoms with Crippen molar-refractivity contribution in [2.24, 2.45) is 11.8 Å². The van der Waals surface area contributed by atoms with Crippen LogP contribution in [0.4, 0.5) is 0 Å². The van der Waals surface area contributed by atoms with Crippen LogP contribution < -0.4 is 14.4 Å². The van der Waals surface area contributed by atoms with E-state index in [1.807, 2.05) is 0 Å². The summed E-state index contributed by atoms with van der Waals surface area (Å²) in [7, 11) is 3.39. The average Bonchev–Trinajstić information content (AvgIpc) is 2.60. The molecule has 2 heterocycles. The van der Waals surface area contributed by atoms with Gasteiger partial charge in [0.1, 0.15) is 12.3 Å². The van der Waals surface area contributed by atoms with Crippen molar-refractivity contribution in [3.05, 3.63) is 23.3 Å². The van der Waals surface area contributed by atoms with Crippen molar-refractivity contribution in [3.8, 4) is 11.5 Å². The van der Waals surface area contributed by atoms with Crippen LogP contribution in [0.3, 0.4) is 0 Å². The summed E-state index contributed by atoms with van der Waals surface area (Å²) in [6, 6.07) is 4.81. The molecule has 1 N–H and O–H groups in total. The summed E-state index contributed by atoms with van der Waals surface area (Å²) in [6.45, 7) is 4.62. The molecule has 0 saturated carbocycles. The fourth-order valence-electron chi connectivity index (χ4n) is 4.59. The van der Waals surface area contributed by atoms with Gasteiger partial charge in [0, 0.05) is 30.7 Å². The molecule has 2 aliphatic rings. The Kier molecular flexibility index (Phi) is 4.90. The lowest BCUT2D eigenvalue weighted by atomic mass is 9.75. The molecule has 1 aromatic rings. The summed E-state index contributed by atoms with van der Waals surface area (Å²) in [5.74, 6) is 2.83. The Morgan fingerprint density at radius 3 is 2.61 bits per heavy atom. The minimum absolute atomic E-state index is 0.492. The number of carbonyl (C=O) groups excluding carboxylic acids is 1. The number of benzene rings is 1. The molecule has 3 unspecified atom stereocenters. The van der Waals surface area contributed by atoms with Gasteiger partial charge in [-0.25, -0.2) is 0 Å². The van der Waals surface area contributed by atoms with E-state index >= 15 is 0 Å². The van der Waals surface area contributed by atoms with Gasteiger partial charge in [-0.2, -0.15) is 0 Å². The van der Waals surface area contributed by atoms with E-state index in [0.29, 0.717) is 24.3 Å². The molecule has 1 fully saturated rings. The highest BCUT2D eigenvalue weighted by atomic mass is 16.5. The number of ether oxygens (including phenoxy) is 2. The monoisotopic (exact) mass is 318 g/mol. The molecule has 0 bridgehead atoms. The number of fused-ring (bicyclic) bond motifs is 3. The molecular weight excluding hydrogens is 290 g/mol. The second-order valence-corrected chi connectivity index (χ2v) is 6.89. The molecule has 1 aromatic carbocycles. The molecule has 0 amide bonds. The zero-order chi connectivity index (χ0) is 16.4. The molecule has 1 saturated heterocycles. The Bertz CT molecular complexity index is 572. The quantitative estimate of drug-likeness (QED) is 0.842. The van der Waals surface area contributed by atoms with Gasteiger partial charge in [-0.1, -0.05) is 6.92 Å². The molecule has 2 aliphatic heterocycles. The third kappa shape index (κ3) is 2.97. The lowest BCUT2D eigenvalue weighted by molar-refractivity contribution is -0.944. The number of carbonyl (C=O) groups is 1. The van der Waals surface area contributed by atoms with Crippen molar-refractivity contribution in [2.75, 3.05) is 27.3 Å². The predicted octanol–water partition coefficient (Wildman–Crippen LogP) is 1.82. The first-order valence-corrected chi connectivity index (χ1v) is 8.74. The number of quaternary nitrogens is 1. The van der Waals surface area contributed by atoms with Crippen molar-refractivity contribution in [2.45, 2.75) is 38.6 Å². The Hall–Kier alpha value is -1.55. The molecule has 0 aliphatic carbocycles. The molecule has 3 rings (SSSR count). The minimum Gasteiger partial charge on any atom is -0.493 e. The van der Waals surface area contributed by atoms with Gasteiger partial charge in [0.2, 0.25) is 0 Å². The molecule has 0 radical (unpaired) electrons. The van der Waals surface area contributed by atoms with Gasteiger partial charge in [0.25, 0.3) is 0 Å². The normalized spacial score (nSPS) is 29.3. The molecule has 0 aromatic heterocycles. The van der Waals surface area contributed by atoms with E-state index in [0.717, 1.165) is 30.6 Å². The van der Waals surface area contributed by atoms with Crippen molar-refractivity contribution in [1.29, 1.82) is 0 Å². The maximum absolute atomic E-state index is 11.1. The van der Waals surface area contributed by atoms with Crippen molar-refractivity contribution in [3.63, 3.8) is 0 Å². The second-order valence-electron chi connectivity index (χ2n) is 6.89. The highest BCUT2D eigenvalue weighted by Gasteiger charge is 2.41. The topological polar surface area (TPSA) is 40.0 Å². The van der Waals surface area contributed by atoms with Crippen LogP contribution in [0.15, 0.2) is 12.1 Å². The van der Waals surface area contributed by atoms with Crippen molar-refractivity contribution < 1.29 is 19.2 Å². The second kappa shape index (κ2) is 6.91. The Labute approximate surface area is 138 Å². The number of aldehydes is 1. The summed E-state index contributed by atoms with van der Waals surface area (Å²) < 4.78 is 11.0. The van der Waals surface area contributed by atoms with E-state index in [1.165, 1.54) is 30.6 Å². The van der Waals surface area contributed by atoms with Crippen LogP contribution in [0, 0.1) is 11.8 Å². The highest BCUT2D eigenvalue weighted by Crippen LogP contribution is 2.39. The van der Waals surface area contributed by atoms with Gasteiger partial charge < -0.3 is 19.2 Å². The van der Waals surface area contributed by atoms with E-state index in [2.05, 4.69) is 19.1 Å². The van der Waals surface area contributed by atoms with E-state index in [4.69, 9.17) is 9.47 Å². The molecule has 23 heavy (non-hydrogen) atoms. The number of hydrogen-bond acceptors (Lipinski definition) is 3. The SMILES string of the molecule is CCC1C[NH+]2CCc3cc(OC)c(OC)cc3[C@@H]2CC1CC=O. The van der Waals surface area contributed by atoms with Crippen LogP contribution in [-0.4, -0.2) is 33.6 Å². The van der Waals surface area contributed by atoms with Gasteiger partial charge in [0.05, 0.1) is 27.3 Å². The first-order chi connectivity index (χ1) is 11.2. The Morgan fingerprint density at radius 2 is 1.96 bits per heavy atom. The van der Waals surface area contributed by atoms with Gasteiger partial charge in [-0.05, 0) is 30.0 Å². The summed E-state index contributed by atoms with van der Waals surface area (Å²) >= 11 is 0. The summed E-state index contributed by atoms with van der Waals surface area (Å²) in [6.07, 6.45) is 5.18. The van der Waals surface area contributed by atoms with Crippen LogP contribution in [0.5, 0.6) is 11.5 Å². The van der Waals surface area contributed by atoms with Gasteiger partial charge >= 0.3 is 0 Å². The zero-order valence-electron chi connectivity index (χ0n) is 14.4. The number of hydrogen-bond donors (Lipinski definition) is 1. The van der Waals surface area contributed by atoms with Crippen LogP contribution >= 0.6 is 0 Å². The van der Waals surface area contributed by atoms with Crippen molar-refractivity contribution in [1.82, 2.24) is 0 Å². The van der Waals surface area contributed by atoms with Gasteiger partial charge in [0.15, 0.2) is 11.5 Å². The number of rotatable bonds is 5. The Morgan fingerprint density at radius 1 is 1.22 bits per heavy atom. The average molecular weight is 318 g/mol. The highest BCUT2D eigenvalue weighted by molar-refractivity contribution is 5.50. The lowest BCUT2D eigenvalue weighted by Gasteiger charge is -2.44. The van der Waals surface area contributed by atoms with Crippen LogP contribution in [0.1, 0.15) is 43.4 Å². The smallest absolute Gasteiger partial charge is 0.161 e. The van der Waals surface area contributed by atoms with Gasteiger partial charge in [-0.15, -0.1) is 0 Å². The molecule has 126 valence electrons. The molecular formula is C19H28NO3+. The van der Waals surface area contributed by atoms with Crippen molar-refractivity contribution >= 4 is 6.29 Å². The number of nitrogens with one attached hydrogen (secondary N) is 1.